The highest BCUT2D eigenvalue weighted by Crippen LogP contribution is 2.30. The number of aromatic nitrogens is 2. The maximum Gasteiger partial charge on any atom is 0.293 e. The Morgan fingerprint density at radius 1 is 0.941 bits per heavy atom. The molecule has 0 aliphatic carbocycles. The Kier molecular flexibility index (Phi) is 6.74. The topological polar surface area (TPSA) is 105 Å². The van der Waals surface area contributed by atoms with E-state index in [4.69, 9.17) is 18.4 Å². The highest BCUT2D eigenvalue weighted by molar-refractivity contribution is 7.90. The number of nitrogens with zero attached hydrogens (tertiary/aromatic N) is 2. The molecule has 0 aliphatic rings. The maximum atomic E-state index is 12.9. The van der Waals surface area contributed by atoms with Crippen LogP contribution in [0.3, 0.4) is 0 Å². The van der Waals surface area contributed by atoms with Crippen molar-refractivity contribution in [3.63, 3.8) is 0 Å². The Labute approximate surface area is 198 Å². The minimum Gasteiger partial charge on any atom is -0.497 e. The number of ether oxygens (including phenoxy) is 2. The van der Waals surface area contributed by atoms with Gasteiger partial charge in [-0.1, -0.05) is 31.1 Å². The van der Waals surface area contributed by atoms with Gasteiger partial charge in [-0.3, -0.25) is 0 Å². The average molecular weight is 483 g/mol. The third-order valence-corrected chi connectivity index (χ3v) is 6.82. The van der Waals surface area contributed by atoms with Crippen LogP contribution in [0.15, 0.2) is 68.4 Å². The van der Waals surface area contributed by atoms with Crippen molar-refractivity contribution in [3.05, 3.63) is 65.9 Å². The first kappa shape index (κ1) is 23.6. The maximum absolute atomic E-state index is 12.9. The van der Waals surface area contributed by atoms with E-state index in [1.54, 1.807) is 56.7 Å². The van der Waals surface area contributed by atoms with Gasteiger partial charge in [0, 0.05) is 11.6 Å². The van der Waals surface area contributed by atoms with E-state index >= 15 is 0 Å². The summed E-state index contributed by atoms with van der Waals surface area (Å²) in [6, 6.07) is 15.4. The summed E-state index contributed by atoms with van der Waals surface area (Å²) >= 11 is 0. The summed E-state index contributed by atoms with van der Waals surface area (Å²) < 4.78 is 47.3. The number of hydrogen-bond acceptors (Lipinski definition) is 8. The van der Waals surface area contributed by atoms with Gasteiger partial charge in [-0.2, -0.15) is 4.98 Å². The predicted molar refractivity (Wildman–Crippen MR) is 126 cm³/mol. The van der Waals surface area contributed by atoms with Gasteiger partial charge in [-0.15, -0.1) is 0 Å². The van der Waals surface area contributed by atoms with Crippen LogP contribution in [0.2, 0.25) is 0 Å². The third-order valence-electron chi connectivity index (χ3n) is 5.17. The summed E-state index contributed by atoms with van der Waals surface area (Å²) in [5.41, 5.74) is 1.75. The second-order valence-corrected chi connectivity index (χ2v) is 10.3. The SMILES string of the molecule is COc1cc(OC)cc(-c2noc(-c3ccc(CS(=O)(=O)c4ccc(CC(C)C)cc4)o3)n2)c1. The van der Waals surface area contributed by atoms with Crippen LogP contribution in [0.5, 0.6) is 11.5 Å². The van der Waals surface area contributed by atoms with Crippen LogP contribution in [0.4, 0.5) is 0 Å². The molecule has 178 valence electrons. The highest BCUT2D eigenvalue weighted by atomic mass is 32.2. The fraction of sp³-hybridized carbons (Fsp3) is 0.280. The van der Waals surface area contributed by atoms with E-state index in [1.165, 1.54) is 0 Å². The number of hydrogen-bond donors (Lipinski definition) is 0. The molecular formula is C25H26N2O6S. The molecule has 2 heterocycles. The normalized spacial score (nSPS) is 11.7. The first-order chi connectivity index (χ1) is 16.3. The van der Waals surface area contributed by atoms with Crippen molar-refractivity contribution in [1.82, 2.24) is 10.1 Å². The molecule has 8 nitrogen and oxygen atoms in total. The van der Waals surface area contributed by atoms with Gasteiger partial charge in [0.15, 0.2) is 15.6 Å². The summed E-state index contributed by atoms with van der Waals surface area (Å²) in [6.45, 7) is 4.25. The van der Waals surface area contributed by atoms with Crippen molar-refractivity contribution in [2.24, 2.45) is 5.92 Å². The van der Waals surface area contributed by atoms with E-state index in [0.29, 0.717) is 28.8 Å². The number of sulfone groups is 1. The van der Waals surface area contributed by atoms with Crippen LogP contribution in [0.25, 0.3) is 23.0 Å². The Balaban J connectivity index is 1.51. The zero-order chi connectivity index (χ0) is 24.3. The van der Waals surface area contributed by atoms with Gasteiger partial charge in [-0.25, -0.2) is 8.42 Å². The first-order valence-corrected chi connectivity index (χ1v) is 12.4. The molecule has 4 aromatic rings. The number of rotatable bonds is 9. The molecular weight excluding hydrogens is 456 g/mol. The number of benzene rings is 2. The molecule has 2 aromatic carbocycles. The minimum absolute atomic E-state index is 0.137. The van der Waals surface area contributed by atoms with Gasteiger partial charge >= 0.3 is 0 Å². The molecule has 9 heteroatoms. The summed E-state index contributed by atoms with van der Waals surface area (Å²) in [6.07, 6.45) is 0.899. The molecule has 0 saturated heterocycles. The van der Waals surface area contributed by atoms with Crippen LogP contribution in [0.1, 0.15) is 25.2 Å². The largest absolute Gasteiger partial charge is 0.497 e. The average Bonchev–Trinajstić information content (AvgIpc) is 3.48. The molecule has 0 bridgehead atoms. The molecule has 0 fully saturated rings. The van der Waals surface area contributed by atoms with Gasteiger partial charge < -0.3 is 18.4 Å². The lowest BCUT2D eigenvalue weighted by atomic mass is 10.0. The Morgan fingerprint density at radius 2 is 1.62 bits per heavy atom. The van der Waals surface area contributed by atoms with E-state index in [0.717, 1.165) is 12.0 Å². The Bertz CT molecular complexity index is 1350. The zero-order valence-corrected chi connectivity index (χ0v) is 20.3. The molecule has 0 unspecified atom stereocenters. The molecule has 0 amide bonds. The monoisotopic (exact) mass is 482 g/mol. The summed E-state index contributed by atoms with van der Waals surface area (Å²) in [5, 5.41) is 4.00. The van der Waals surface area contributed by atoms with E-state index in [9.17, 15) is 8.42 Å². The molecule has 0 saturated carbocycles. The first-order valence-electron chi connectivity index (χ1n) is 10.8. The van der Waals surface area contributed by atoms with E-state index < -0.39 is 9.84 Å². The lowest BCUT2D eigenvalue weighted by Crippen LogP contribution is -2.04. The molecule has 0 spiro atoms. The minimum atomic E-state index is -3.57. The fourth-order valence-electron chi connectivity index (χ4n) is 3.52. The zero-order valence-electron chi connectivity index (χ0n) is 19.4. The van der Waals surface area contributed by atoms with Gasteiger partial charge in [0.05, 0.1) is 19.1 Å². The fourth-order valence-corrected chi connectivity index (χ4v) is 4.77. The Hall–Kier alpha value is -3.59. The summed E-state index contributed by atoms with van der Waals surface area (Å²) in [4.78, 5) is 4.63. The van der Waals surface area contributed by atoms with Crippen molar-refractivity contribution in [3.8, 4) is 34.5 Å². The molecule has 4 rings (SSSR count). The van der Waals surface area contributed by atoms with Crippen molar-refractivity contribution in [2.75, 3.05) is 14.2 Å². The van der Waals surface area contributed by atoms with Gasteiger partial charge in [0.25, 0.3) is 5.89 Å². The van der Waals surface area contributed by atoms with Crippen LogP contribution in [-0.4, -0.2) is 32.8 Å². The van der Waals surface area contributed by atoms with E-state index in [-0.39, 0.29) is 28.1 Å². The predicted octanol–water partition coefficient (Wildman–Crippen LogP) is 5.19. The van der Waals surface area contributed by atoms with Gasteiger partial charge in [0.2, 0.25) is 5.82 Å². The molecule has 0 radical (unpaired) electrons. The second kappa shape index (κ2) is 9.72. The standard InChI is InChI=1S/C25H26N2O6S/c1-16(2)11-17-5-8-22(9-6-17)34(28,29)15-19-7-10-23(32-19)25-26-24(27-33-25)18-12-20(30-3)14-21(13-18)31-4/h5-10,12-14,16H,11,15H2,1-4H3. The smallest absolute Gasteiger partial charge is 0.293 e. The molecule has 0 aliphatic heterocycles. The second-order valence-electron chi connectivity index (χ2n) is 8.29. The molecule has 2 aromatic heterocycles. The highest BCUT2D eigenvalue weighted by Gasteiger charge is 2.20. The third kappa shape index (κ3) is 5.31. The summed E-state index contributed by atoms with van der Waals surface area (Å²) in [5.74, 6) is 2.42. The molecule has 34 heavy (non-hydrogen) atoms. The van der Waals surface area contributed by atoms with E-state index in [2.05, 4.69) is 24.0 Å². The van der Waals surface area contributed by atoms with Crippen LogP contribution in [-0.2, 0) is 22.0 Å². The van der Waals surface area contributed by atoms with Crippen LogP contribution in [0, 0.1) is 5.92 Å². The molecule has 0 atom stereocenters. The Morgan fingerprint density at radius 3 is 2.24 bits per heavy atom. The van der Waals surface area contributed by atoms with Gasteiger partial charge in [0.1, 0.15) is 23.0 Å². The lowest BCUT2D eigenvalue weighted by Gasteiger charge is -2.07. The quantitative estimate of drug-likeness (QED) is 0.321. The number of methoxy groups -OCH3 is 2. The number of furan rings is 1. The van der Waals surface area contributed by atoms with E-state index in [1.807, 2.05) is 12.1 Å². The summed E-state index contributed by atoms with van der Waals surface area (Å²) in [7, 11) is -0.460. The molecule has 0 N–H and O–H groups in total. The van der Waals surface area contributed by atoms with Crippen LogP contribution < -0.4 is 9.47 Å². The van der Waals surface area contributed by atoms with Crippen molar-refractivity contribution in [2.45, 2.75) is 30.9 Å². The van der Waals surface area contributed by atoms with Crippen LogP contribution >= 0.6 is 0 Å². The van der Waals surface area contributed by atoms with Crippen molar-refractivity contribution >= 4 is 9.84 Å². The van der Waals surface area contributed by atoms with Crippen molar-refractivity contribution in [1.29, 1.82) is 0 Å². The van der Waals surface area contributed by atoms with Gasteiger partial charge in [-0.05, 0) is 54.3 Å². The lowest BCUT2D eigenvalue weighted by molar-refractivity contribution is 0.394. The van der Waals surface area contributed by atoms with Crippen molar-refractivity contribution < 1.29 is 26.8 Å².